The third-order valence-electron chi connectivity index (χ3n) is 10.4. The van der Waals surface area contributed by atoms with E-state index in [1.807, 2.05) is 18.2 Å². The van der Waals surface area contributed by atoms with Crippen molar-refractivity contribution in [3.05, 3.63) is 108 Å². The van der Waals surface area contributed by atoms with Gasteiger partial charge in [-0.3, -0.25) is 0 Å². The van der Waals surface area contributed by atoms with E-state index in [4.69, 9.17) is 6.58 Å². The van der Waals surface area contributed by atoms with Crippen LogP contribution in [0.25, 0.3) is 5.57 Å². The number of hydrogen-bond donors (Lipinski definition) is 0. The summed E-state index contributed by atoms with van der Waals surface area (Å²) in [5.74, 6) is 0.780. The Morgan fingerprint density at radius 2 is 1.72 bits per heavy atom. The van der Waals surface area contributed by atoms with Crippen molar-refractivity contribution >= 4 is 11.3 Å². The Labute approximate surface area is 239 Å². The van der Waals surface area contributed by atoms with Crippen molar-refractivity contribution < 1.29 is 0 Å². The van der Waals surface area contributed by atoms with Crippen LogP contribution in [-0.4, -0.2) is 6.54 Å². The number of fused-ring (bicyclic) bond motifs is 2. The summed E-state index contributed by atoms with van der Waals surface area (Å²) < 4.78 is 0. The molecular formula is C38H51N. The fraction of sp³-hybridized carbons (Fsp3) is 0.474. The fourth-order valence-electron chi connectivity index (χ4n) is 7.74. The van der Waals surface area contributed by atoms with Gasteiger partial charge in [0.2, 0.25) is 0 Å². The van der Waals surface area contributed by atoms with Crippen LogP contribution >= 0.6 is 0 Å². The maximum absolute atomic E-state index is 4.80. The third-order valence-corrected chi connectivity index (χ3v) is 10.4. The van der Waals surface area contributed by atoms with Gasteiger partial charge in [-0.05, 0) is 113 Å². The Hall–Kier alpha value is -2.80. The number of hydrogen-bond acceptors (Lipinski definition) is 1. The van der Waals surface area contributed by atoms with E-state index in [-0.39, 0.29) is 5.41 Å². The van der Waals surface area contributed by atoms with Crippen LogP contribution in [0.15, 0.2) is 103 Å². The quantitative estimate of drug-likeness (QED) is 0.262. The van der Waals surface area contributed by atoms with E-state index in [0.717, 1.165) is 12.5 Å². The summed E-state index contributed by atoms with van der Waals surface area (Å²) >= 11 is 0. The van der Waals surface area contributed by atoms with E-state index in [1.165, 1.54) is 78.6 Å². The third kappa shape index (κ3) is 5.88. The van der Waals surface area contributed by atoms with Crippen LogP contribution < -0.4 is 4.90 Å². The molecule has 3 fully saturated rings. The van der Waals surface area contributed by atoms with E-state index in [2.05, 4.69) is 102 Å². The molecule has 0 spiro atoms. The predicted octanol–water partition coefficient (Wildman–Crippen LogP) is 11.0. The van der Waals surface area contributed by atoms with Gasteiger partial charge in [-0.15, -0.1) is 0 Å². The first-order valence-electron chi connectivity index (χ1n) is 15.0. The molecule has 3 saturated carbocycles. The molecule has 2 bridgehead atoms. The Bertz CT molecular complexity index is 1230. The lowest BCUT2D eigenvalue weighted by molar-refractivity contribution is 0.125. The molecule has 1 aromatic rings. The minimum atomic E-state index is 0.182. The van der Waals surface area contributed by atoms with Gasteiger partial charge in [-0.1, -0.05) is 98.9 Å². The van der Waals surface area contributed by atoms with E-state index in [9.17, 15) is 0 Å². The fourth-order valence-corrected chi connectivity index (χ4v) is 7.74. The second kappa shape index (κ2) is 11.4. The Morgan fingerprint density at radius 3 is 2.31 bits per heavy atom. The second-order valence-electron chi connectivity index (χ2n) is 13.6. The van der Waals surface area contributed by atoms with E-state index in [0.29, 0.717) is 10.8 Å². The minimum absolute atomic E-state index is 0.182. The van der Waals surface area contributed by atoms with Crippen molar-refractivity contribution in [3.63, 3.8) is 0 Å². The molecule has 208 valence electrons. The van der Waals surface area contributed by atoms with E-state index >= 15 is 0 Å². The molecule has 0 radical (unpaired) electrons. The van der Waals surface area contributed by atoms with Crippen molar-refractivity contribution in [1.82, 2.24) is 0 Å². The zero-order valence-electron chi connectivity index (χ0n) is 25.6. The van der Waals surface area contributed by atoms with Crippen molar-refractivity contribution in [1.29, 1.82) is 0 Å². The number of anilines is 1. The highest BCUT2D eigenvalue weighted by Crippen LogP contribution is 2.65. The van der Waals surface area contributed by atoms with Gasteiger partial charge >= 0.3 is 0 Å². The Kier molecular flexibility index (Phi) is 8.50. The molecule has 4 rings (SSSR count). The van der Waals surface area contributed by atoms with E-state index < -0.39 is 0 Å². The molecule has 0 amide bonds. The number of allylic oxidation sites excluding steroid dienone is 11. The van der Waals surface area contributed by atoms with Crippen LogP contribution in [0, 0.1) is 22.2 Å². The van der Waals surface area contributed by atoms with Crippen LogP contribution in [0.4, 0.5) is 5.69 Å². The maximum atomic E-state index is 4.80. The van der Waals surface area contributed by atoms with Crippen LogP contribution in [0.3, 0.4) is 0 Å². The molecule has 3 aliphatic carbocycles. The monoisotopic (exact) mass is 521 g/mol. The summed E-state index contributed by atoms with van der Waals surface area (Å²) in [6.45, 7) is 27.5. The second-order valence-corrected chi connectivity index (χ2v) is 13.6. The maximum Gasteiger partial charge on any atom is 0.0414 e. The Balaban J connectivity index is 1.68. The summed E-state index contributed by atoms with van der Waals surface area (Å²) in [4.78, 5) is 2.63. The molecule has 0 aliphatic heterocycles. The zero-order chi connectivity index (χ0) is 28.4. The molecule has 1 aromatic carbocycles. The lowest BCUT2D eigenvalue weighted by atomic mass is 9.62. The minimum Gasteiger partial charge on any atom is -0.345 e. The number of benzene rings is 1. The van der Waals surface area contributed by atoms with Gasteiger partial charge in [0.1, 0.15) is 0 Å². The molecular weight excluding hydrogens is 470 g/mol. The zero-order valence-corrected chi connectivity index (χ0v) is 25.6. The topological polar surface area (TPSA) is 3.24 Å². The van der Waals surface area contributed by atoms with Gasteiger partial charge in [0.15, 0.2) is 0 Å². The molecule has 0 atom stereocenters. The molecule has 1 nitrogen and oxygen atoms in total. The average Bonchev–Trinajstić information content (AvgIpc) is 3.47. The van der Waals surface area contributed by atoms with Crippen molar-refractivity contribution in [2.45, 2.75) is 86.5 Å². The summed E-state index contributed by atoms with van der Waals surface area (Å²) in [6, 6.07) is 9.12. The van der Waals surface area contributed by atoms with Gasteiger partial charge in [0.25, 0.3) is 0 Å². The molecule has 39 heavy (non-hydrogen) atoms. The molecule has 0 N–H and O–H groups in total. The summed E-state index contributed by atoms with van der Waals surface area (Å²) in [5.41, 5.74) is 10.1. The smallest absolute Gasteiger partial charge is 0.0414 e. The first kappa shape index (κ1) is 29.2. The van der Waals surface area contributed by atoms with Gasteiger partial charge in [0, 0.05) is 23.3 Å². The molecule has 0 unspecified atom stereocenters. The lowest BCUT2D eigenvalue weighted by Crippen LogP contribution is -2.44. The SMILES string of the molecule is C=C/C=C\C=C(/C)C12CCC(CN(C(=C)C3(C)CC(C)C3)c3cccc(/C(C=C)=C/C(C)=C(C)C)c3)(CC1)C2. The van der Waals surface area contributed by atoms with Crippen molar-refractivity contribution in [2.75, 3.05) is 11.4 Å². The average molecular weight is 522 g/mol. The first-order chi connectivity index (χ1) is 18.5. The van der Waals surface area contributed by atoms with Gasteiger partial charge < -0.3 is 4.90 Å². The van der Waals surface area contributed by atoms with Crippen molar-refractivity contribution in [3.8, 4) is 0 Å². The largest absolute Gasteiger partial charge is 0.345 e. The molecule has 1 heteroatoms. The lowest BCUT2D eigenvalue weighted by Gasteiger charge is -2.50. The summed E-state index contributed by atoms with van der Waals surface area (Å²) in [7, 11) is 0. The molecule has 0 heterocycles. The van der Waals surface area contributed by atoms with Gasteiger partial charge in [-0.25, -0.2) is 0 Å². The van der Waals surface area contributed by atoms with Crippen LogP contribution in [0.2, 0.25) is 0 Å². The summed E-state index contributed by atoms with van der Waals surface area (Å²) in [6.07, 6.45) is 21.6. The van der Waals surface area contributed by atoms with E-state index in [1.54, 1.807) is 5.57 Å². The highest BCUT2D eigenvalue weighted by Gasteiger charge is 2.55. The number of nitrogens with zero attached hydrogens (tertiary/aromatic N) is 1. The normalized spacial score (nSPS) is 30.3. The van der Waals surface area contributed by atoms with Crippen molar-refractivity contribution in [2.24, 2.45) is 22.2 Å². The standard InChI is InChI=1S/C38H51N/c1-10-12-13-15-31(7)38-20-18-37(26-38,19-21-38)27-39(32(8)36(9)24-29(5)25-36)35-17-14-16-34(23-35)33(11-2)22-30(6)28(3)4/h10-17,22-23,29H,1-2,8,18-21,24-27H2,3-7,9H3/b13-12-,31-15+,33-22+. The Morgan fingerprint density at radius 1 is 1.03 bits per heavy atom. The van der Waals surface area contributed by atoms with Gasteiger partial charge in [0.05, 0.1) is 0 Å². The molecule has 0 aromatic heterocycles. The highest BCUT2D eigenvalue weighted by atomic mass is 15.2. The molecule has 3 aliphatic rings. The van der Waals surface area contributed by atoms with Crippen LogP contribution in [0.1, 0.15) is 92.1 Å². The van der Waals surface area contributed by atoms with Crippen LogP contribution in [-0.2, 0) is 0 Å². The predicted molar refractivity (Wildman–Crippen MR) is 173 cm³/mol. The molecule has 0 saturated heterocycles. The van der Waals surface area contributed by atoms with Gasteiger partial charge in [-0.2, -0.15) is 0 Å². The van der Waals surface area contributed by atoms with Crippen LogP contribution in [0.5, 0.6) is 0 Å². The summed E-state index contributed by atoms with van der Waals surface area (Å²) in [5, 5.41) is 0. The first-order valence-corrected chi connectivity index (χ1v) is 15.0. The highest BCUT2D eigenvalue weighted by molar-refractivity contribution is 5.78. The number of rotatable bonds is 11.